The molecule has 0 aliphatic carbocycles. The number of hydrogen-bond donors (Lipinski definition) is 0. The smallest absolute Gasteiger partial charge is 0.416 e. The van der Waals surface area contributed by atoms with Gasteiger partial charge in [0, 0.05) is 12.0 Å². The van der Waals surface area contributed by atoms with E-state index in [-0.39, 0.29) is 12.4 Å². The molecule has 0 N–H and O–H groups in total. The van der Waals surface area contributed by atoms with E-state index < -0.39 is 11.7 Å². The van der Waals surface area contributed by atoms with Gasteiger partial charge in [0.25, 0.3) is 0 Å². The Morgan fingerprint density at radius 1 is 1.24 bits per heavy atom. The van der Waals surface area contributed by atoms with E-state index in [4.69, 9.17) is 9.47 Å². The van der Waals surface area contributed by atoms with Crippen LogP contribution in [0.5, 0.6) is 5.75 Å². The molecule has 17 heavy (non-hydrogen) atoms. The van der Waals surface area contributed by atoms with E-state index in [0.29, 0.717) is 11.5 Å². The molecule has 1 rings (SSSR count). The maximum Gasteiger partial charge on any atom is 0.416 e. The van der Waals surface area contributed by atoms with Crippen LogP contribution >= 0.6 is 11.8 Å². The molecule has 0 aromatic heterocycles. The van der Waals surface area contributed by atoms with Crippen LogP contribution in [0.2, 0.25) is 0 Å². The second-order valence-corrected chi connectivity index (χ2v) is 4.05. The fourth-order valence-electron chi connectivity index (χ4n) is 1.20. The molecule has 1 aromatic carbocycles. The molecular weight excluding hydrogens is 253 g/mol. The lowest BCUT2D eigenvalue weighted by Gasteiger charge is -2.13. The van der Waals surface area contributed by atoms with Crippen molar-refractivity contribution in [2.75, 3.05) is 26.6 Å². The molecule has 1 aromatic rings. The van der Waals surface area contributed by atoms with Crippen LogP contribution in [-0.4, -0.2) is 26.6 Å². The average Bonchev–Trinajstić information content (AvgIpc) is 2.28. The van der Waals surface area contributed by atoms with Crippen LogP contribution < -0.4 is 4.74 Å². The summed E-state index contributed by atoms with van der Waals surface area (Å²) in [6.07, 6.45) is -2.57. The van der Waals surface area contributed by atoms with Crippen LogP contribution in [-0.2, 0) is 10.9 Å². The summed E-state index contributed by atoms with van der Waals surface area (Å²) in [7, 11) is 1.50. The highest BCUT2D eigenvalue weighted by molar-refractivity contribution is 7.98. The molecule has 0 atom stereocenters. The van der Waals surface area contributed by atoms with Gasteiger partial charge in [0.15, 0.2) is 0 Å². The van der Waals surface area contributed by atoms with Crippen LogP contribution in [0.25, 0.3) is 0 Å². The third kappa shape index (κ3) is 4.12. The summed E-state index contributed by atoms with van der Waals surface area (Å²) < 4.78 is 47.6. The van der Waals surface area contributed by atoms with Gasteiger partial charge < -0.3 is 9.47 Å². The molecule has 0 bridgehead atoms. The molecule has 0 radical (unpaired) electrons. The van der Waals surface area contributed by atoms with Crippen molar-refractivity contribution in [3.05, 3.63) is 23.8 Å². The Hall–Kier alpha value is -0.880. The van der Waals surface area contributed by atoms with Crippen LogP contribution in [0.4, 0.5) is 13.2 Å². The van der Waals surface area contributed by atoms with Crippen LogP contribution in [0.15, 0.2) is 23.1 Å². The highest BCUT2D eigenvalue weighted by atomic mass is 32.2. The van der Waals surface area contributed by atoms with Gasteiger partial charge in [0.2, 0.25) is 0 Å². The van der Waals surface area contributed by atoms with Gasteiger partial charge in [-0.25, -0.2) is 0 Å². The van der Waals surface area contributed by atoms with Gasteiger partial charge in [-0.05, 0) is 24.5 Å². The first-order valence-corrected chi connectivity index (χ1v) is 6.08. The highest BCUT2D eigenvalue weighted by Gasteiger charge is 2.31. The maximum atomic E-state index is 12.5. The van der Waals surface area contributed by atoms with E-state index in [1.807, 2.05) is 0 Å². The first-order valence-electron chi connectivity index (χ1n) is 4.86. The quantitative estimate of drug-likeness (QED) is 0.600. The number of methoxy groups -OCH3 is 1. The van der Waals surface area contributed by atoms with E-state index in [0.717, 1.165) is 12.1 Å². The predicted octanol–water partition coefficient (Wildman–Crippen LogP) is 3.45. The lowest BCUT2D eigenvalue weighted by atomic mass is 10.2. The molecule has 2 nitrogen and oxygen atoms in total. The fraction of sp³-hybridized carbons (Fsp3) is 0.455. The Morgan fingerprint density at radius 2 is 1.94 bits per heavy atom. The minimum atomic E-state index is -4.35. The van der Waals surface area contributed by atoms with Gasteiger partial charge >= 0.3 is 6.18 Å². The first kappa shape index (κ1) is 14.2. The van der Waals surface area contributed by atoms with E-state index in [1.165, 1.54) is 24.9 Å². The number of alkyl halides is 3. The van der Waals surface area contributed by atoms with Gasteiger partial charge in [-0.1, -0.05) is 0 Å². The Labute approximate surface area is 102 Å². The molecule has 0 unspecified atom stereocenters. The third-order valence-corrected chi connectivity index (χ3v) is 2.81. The molecule has 0 aliphatic heterocycles. The molecule has 6 heteroatoms. The zero-order chi connectivity index (χ0) is 12.9. The lowest BCUT2D eigenvalue weighted by molar-refractivity contribution is -0.137. The molecular formula is C11H13F3O2S. The monoisotopic (exact) mass is 266 g/mol. The molecule has 0 spiro atoms. The summed E-state index contributed by atoms with van der Waals surface area (Å²) in [6, 6.07) is 3.48. The Balaban J connectivity index is 2.90. The van der Waals surface area contributed by atoms with Crippen molar-refractivity contribution in [1.82, 2.24) is 0 Å². The minimum absolute atomic E-state index is 0.228. The zero-order valence-corrected chi connectivity index (χ0v) is 10.3. The van der Waals surface area contributed by atoms with E-state index in [9.17, 15) is 13.2 Å². The van der Waals surface area contributed by atoms with Crippen molar-refractivity contribution >= 4 is 11.8 Å². The molecule has 0 amide bonds. The number of thioether (sulfide) groups is 1. The number of hydrogen-bond acceptors (Lipinski definition) is 3. The van der Waals surface area contributed by atoms with Gasteiger partial charge in [-0.2, -0.15) is 13.2 Å². The van der Waals surface area contributed by atoms with Crippen molar-refractivity contribution in [2.24, 2.45) is 0 Å². The summed E-state index contributed by atoms with van der Waals surface area (Å²) in [5.74, 6) is 0.240. The molecule has 0 heterocycles. The number of halogens is 3. The molecule has 0 saturated heterocycles. The van der Waals surface area contributed by atoms with Crippen molar-refractivity contribution < 1.29 is 22.6 Å². The minimum Gasteiger partial charge on any atom is -0.490 e. The molecule has 0 fully saturated rings. The average molecular weight is 266 g/mol. The van der Waals surface area contributed by atoms with Crippen LogP contribution in [0.3, 0.4) is 0 Å². The van der Waals surface area contributed by atoms with Crippen molar-refractivity contribution in [3.8, 4) is 5.75 Å². The lowest BCUT2D eigenvalue weighted by Crippen LogP contribution is -2.08. The maximum absolute atomic E-state index is 12.5. The fourth-order valence-corrected chi connectivity index (χ4v) is 1.72. The predicted molar refractivity (Wildman–Crippen MR) is 60.6 cm³/mol. The largest absolute Gasteiger partial charge is 0.490 e. The van der Waals surface area contributed by atoms with Crippen LogP contribution in [0, 0.1) is 0 Å². The van der Waals surface area contributed by atoms with E-state index in [2.05, 4.69) is 0 Å². The van der Waals surface area contributed by atoms with Crippen molar-refractivity contribution in [1.29, 1.82) is 0 Å². The highest BCUT2D eigenvalue weighted by Crippen LogP contribution is 2.35. The normalized spacial score (nSPS) is 11.6. The number of ether oxygens (including phenoxy) is 2. The Morgan fingerprint density at radius 3 is 2.47 bits per heavy atom. The molecule has 0 saturated carbocycles. The number of benzene rings is 1. The number of rotatable bonds is 5. The zero-order valence-electron chi connectivity index (χ0n) is 9.50. The Kier molecular flexibility index (Phi) is 5.14. The van der Waals surface area contributed by atoms with Crippen molar-refractivity contribution in [3.63, 3.8) is 0 Å². The first-order chi connectivity index (χ1) is 7.99. The van der Waals surface area contributed by atoms with Gasteiger partial charge in [-0.15, -0.1) is 11.8 Å². The summed E-state index contributed by atoms with van der Waals surface area (Å²) in [4.78, 5) is 0.675. The third-order valence-electron chi connectivity index (χ3n) is 2.04. The van der Waals surface area contributed by atoms with Gasteiger partial charge in [-0.3, -0.25) is 0 Å². The molecule has 0 aliphatic rings. The van der Waals surface area contributed by atoms with Crippen molar-refractivity contribution in [2.45, 2.75) is 11.1 Å². The van der Waals surface area contributed by atoms with E-state index in [1.54, 1.807) is 6.26 Å². The second kappa shape index (κ2) is 6.16. The van der Waals surface area contributed by atoms with Crippen LogP contribution in [0.1, 0.15) is 5.56 Å². The SMILES string of the molecule is COCCOc1cc(C(F)(F)F)ccc1SC. The Bertz CT molecular complexity index is 366. The summed E-state index contributed by atoms with van der Waals surface area (Å²) in [5.41, 5.74) is -0.706. The standard InChI is InChI=1S/C11H13F3O2S/c1-15-5-6-16-9-7-8(11(12,13)14)3-4-10(9)17-2/h3-4,7H,5-6H2,1-2H3. The summed E-state index contributed by atoms with van der Waals surface area (Å²) in [6.45, 7) is 0.565. The topological polar surface area (TPSA) is 18.5 Å². The van der Waals surface area contributed by atoms with E-state index >= 15 is 0 Å². The summed E-state index contributed by atoms with van der Waals surface area (Å²) >= 11 is 1.34. The molecule has 96 valence electrons. The van der Waals surface area contributed by atoms with Gasteiger partial charge in [0.05, 0.1) is 12.2 Å². The second-order valence-electron chi connectivity index (χ2n) is 3.20. The van der Waals surface area contributed by atoms with Gasteiger partial charge in [0.1, 0.15) is 12.4 Å². The summed E-state index contributed by atoms with van der Waals surface area (Å²) in [5, 5.41) is 0.